The smallest absolute Gasteiger partial charge is 0.155 e. The van der Waals surface area contributed by atoms with Gasteiger partial charge in [-0.2, -0.15) is 5.10 Å². The van der Waals surface area contributed by atoms with Crippen LogP contribution in [0.1, 0.15) is 0 Å². The lowest BCUT2D eigenvalue weighted by molar-refractivity contribution is 0.963. The first kappa shape index (κ1) is 7.81. The Bertz CT molecular complexity index is 356. The van der Waals surface area contributed by atoms with E-state index < -0.39 is 0 Å². The summed E-state index contributed by atoms with van der Waals surface area (Å²) in [6, 6.07) is 3.62. The molecule has 4 nitrogen and oxygen atoms in total. The van der Waals surface area contributed by atoms with Crippen LogP contribution in [0, 0.1) is 0 Å². The second-order valence-corrected chi connectivity index (χ2v) is 2.03. The van der Waals surface area contributed by atoms with Crippen LogP contribution in [0.4, 0.5) is 5.69 Å². The number of fused-ring (bicyclic) bond motifs is 1. The van der Waals surface area contributed by atoms with Crippen LogP contribution in [-0.4, -0.2) is 14.6 Å². The maximum Gasteiger partial charge on any atom is 0.155 e. The molecular formula is C6H7ClN4. The summed E-state index contributed by atoms with van der Waals surface area (Å²) in [7, 11) is 0. The van der Waals surface area contributed by atoms with Crippen LogP contribution in [0.25, 0.3) is 5.65 Å². The Kier molecular flexibility index (Phi) is 1.96. The molecule has 11 heavy (non-hydrogen) atoms. The fraction of sp³-hybridized carbons (Fsp3) is 0. The number of nitrogen functional groups attached to an aromatic ring is 1. The van der Waals surface area contributed by atoms with Gasteiger partial charge >= 0.3 is 0 Å². The lowest BCUT2D eigenvalue weighted by atomic mass is 10.4. The summed E-state index contributed by atoms with van der Waals surface area (Å²) < 4.78 is 1.63. The fourth-order valence-electron chi connectivity index (χ4n) is 0.833. The first-order chi connectivity index (χ1) is 4.86. The third kappa shape index (κ3) is 1.25. The highest BCUT2D eigenvalue weighted by Crippen LogP contribution is 2.02. The fourth-order valence-corrected chi connectivity index (χ4v) is 0.833. The van der Waals surface area contributed by atoms with Crippen LogP contribution >= 0.6 is 12.4 Å². The van der Waals surface area contributed by atoms with Gasteiger partial charge in [0.15, 0.2) is 5.65 Å². The number of nitrogens with two attached hydrogens (primary N) is 1. The van der Waals surface area contributed by atoms with E-state index >= 15 is 0 Å². The van der Waals surface area contributed by atoms with Crippen molar-refractivity contribution in [3.63, 3.8) is 0 Å². The van der Waals surface area contributed by atoms with Gasteiger partial charge in [0.05, 0.1) is 11.9 Å². The van der Waals surface area contributed by atoms with Gasteiger partial charge in [-0.3, -0.25) is 0 Å². The minimum Gasteiger partial charge on any atom is -0.397 e. The molecule has 2 heterocycles. The normalized spacial score (nSPS) is 9.45. The molecule has 0 aromatic carbocycles. The number of aromatic nitrogens is 3. The summed E-state index contributed by atoms with van der Waals surface area (Å²) in [5.74, 6) is 0. The molecule has 0 bridgehead atoms. The van der Waals surface area contributed by atoms with E-state index in [9.17, 15) is 0 Å². The lowest BCUT2D eigenvalue weighted by Crippen LogP contribution is -1.90. The van der Waals surface area contributed by atoms with E-state index in [-0.39, 0.29) is 12.4 Å². The lowest BCUT2D eigenvalue weighted by Gasteiger charge is -1.91. The molecule has 0 radical (unpaired) electrons. The topological polar surface area (TPSA) is 56.2 Å². The average molecular weight is 171 g/mol. The van der Waals surface area contributed by atoms with Crippen molar-refractivity contribution in [3.05, 3.63) is 24.7 Å². The minimum atomic E-state index is 0. The SMILES string of the molecule is Cl.Nc1ccc2ncnn2c1. The monoisotopic (exact) mass is 170 g/mol. The van der Waals surface area contributed by atoms with Gasteiger partial charge in [-0.15, -0.1) is 12.4 Å². The molecule has 0 spiro atoms. The second-order valence-electron chi connectivity index (χ2n) is 2.03. The highest BCUT2D eigenvalue weighted by molar-refractivity contribution is 5.85. The molecule has 0 aliphatic heterocycles. The largest absolute Gasteiger partial charge is 0.397 e. The molecule has 58 valence electrons. The van der Waals surface area contributed by atoms with E-state index in [4.69, 9.17) is 5.73 Å². The molecule has 2 rings (SSSR count). The van der Waals surface area contributed by atoms with Crippen LogP contribution in [0.3, 0.4) is 0 Å². The highest BCUT2D eigenvalue weighted by atomic mass is 35.5. The van der Waals surface area contributed by atoms with Crippen molar-refractivity contribution in [2.24, 2.45) is 0 Å². The van der Waals surface area contributed by atoms with Gasteiger partial charge in [0.25, 0.3) is 0 Å². The van der Waals surface area contributed by atoms with E-state index in [1.807, 2.05) is 6.07 Å². The predicted molar refractivity (Wildman–Crippen MR) is 44.6 cm³/mol. The van der Waals surface area contributed by atoms with Crippen molar-refractivity contribution >= 4 is 23.7 Å². The van der Waals surface area contributed by atoms with Gasteiger partial charge in [0.2, 0.25) is 0 Å². The number of nitrogens with zero attached hydrogens (tertiary/aromatic N) is 3. The summed E-state index contributed by atoms with van der Waals surface area (Å²) in [5.41, 5.74) is 7.00. The summed E-state index contributed by atoms with van der Waals surface area (Å²) in [5, 5.41) is 3.91. The van der Waals surface area contributed by atoms with Gasteiger partial charge in [-0.1, -0.05) is 0 Å². The van der Waals surface area contributed by atoms with Crippen LogP contribution < -0.4 is 5.73 Å². The zero-order chi connectivity index (χ0) is 6.97. The Morgan fingerprint density at radius 1 is 1.36 bits per heavy atom. The van der Waals surface area contributed by atoms with E-state index in [2.05, 4.69) is 10.1 Å². The molecular weight excluding hydrogens is 164 g/mol. The van der Waals surface area contributed by atoms with Crippen molar-refractivity contribution in [1.82, 2.24) is 14.6 Å². The molecule has 2 aromatic rings. The zero-order valence-corrected chi connectivity index (χ0v) is 6.45. The quantitative estimate of drug-likeness (QED) is 0.634. The zero-order valence-electron chi connectivity index (χ0n) is 5.64. The second kappa shape index (κ2) is 2.75. The van der Waals surface area contributed by atoms with Crippen molar-refractivity contribution in [1.29, 1.82) is 0 Å². The Balaban J connectivity index is 0.000000605. The molecule has 0 fully saturated rings. The van der Waals surface area contributed by atoms with E-state index in [0.717, 1.165) is 5.65 Å². The van der Waals surface area contributed by atoms with Crippen LogP contribution in [-0.2, 0) is 0 Å². The molecule has 0 saturated heterocycles. The van der Waals surface area contributed by atoms with Crippen molar-refractivity contribution < 1.29 is 0 Å². The molecule has 0 atom stereocenters. The molecule has 2 aromatic heterocycles. The summed E-state index contributed by atoms with van der Waals surface area (Å²) in [6.45, 7) is 0. The Morgan fingerprint density at radius 3 is 3.00 bits per heavy atom. The van der Waals surface area contributed by atoms with Crippen LogP contribution in [0.15, 0.2) is 24.7 Å². The van der Waals surface area contributed by atoms with Crippen molar-refractivity contribution in [2.45, 2.75) is 0 Å². The molecule has 5 heteroatoms. The Labute approximate surface area is 69.5 Å². The molecule has 0 aliphatic carbocycles. The van der Waals surface area contributed by atoms with Crippen LogP contribution in [0.2, 0.25) is 0 Å². The average Bonchev–Trinajstić information content (AvgIpc) is 2.33. The number of rotatable bonds is 0. The van der Waals surface area contributed by atoms with Crippen LogP contribution in [0.5, 0.6) is 0 Å². The van der Waals surface area contributed by atoms with E-state index in [1.54, 1.807) is 16.8 Å². The predicted octanol–water partition coefficient (Wildman–Crippen LogP) is 0.733. The third-order valence-electron chi connectivity index (χ3n) is 1.30. The van der Waals surface area contributed by atoms with Gasteiger partial charge in [-0.05, 0) is 12.1 Å². The molecule has 0 aliphatic rings. The molecule has 0 unspecified atom stereocenters. The summed E-state index contributed by atoms with van der Waals surface area (Å²) >= 11 is 0. The summed E-state index contributed by atoms with van der Waals surface area (Å²) in [6.07, 6.45) is 3.22. The third-order valence-corrected chi connectivity index (χ3v) is 1.30. The molecule has 2 N–H and O–H groups in total. The maximum atomic E-state index is 5.49. The standard InChI is InChI=1S/C6H6N4.ClH/c7-5-1-2-6-8-4-9-10(6)3-5;/h1-4H,7H2;1H. The van der Waals surface area contributed by atoms with E-state index in [0.29, 0.717) is 5.69 Å². The van der Waals surface area contributed by atoms with Crippen molar-refractivity contribution in [3.8, 4) is 0 Å². The first-order valence-corrected chi connectivity index (χ1v) is 2.91. The number of hydrogen-bond acceptors (Lipinski definition) is 3. The number of anilines is 1. The number of hydrogen-bond donors (Lipinski definition) is 1. The summed E-state index contributed by atoms with van der Waals surface area (Å²) in [4.78, 5) is 3.96. The Morgan fingerprint density at radius 2 is 2.18 bits per heavy atom. The Hall–Kier alpha value is -1.29. The number of halogens is 1. The van der Waals surface area contributed by atoms with Gasteiger partial charge in [0, 0.05) is 0 Å². The van der Waals surface area contributed by atoms with E-state index in [1.165, 1.54) is 6.33 Å². The van der Waals surface area contributed by atoms with Gasteiger partial charge in [-0.25, -0.2) is 9.50 Å². The van der Waals surface area contributed by atoms with Gasteiger partial charge in [0.1, 0.15) is 6.33 Å². The maximum absolute atomic E-state index is 5.49. The first-order valence-electron chi connectivity index (χ1n) is 2.91. The van der Waals surface area contributed by atoms with Crippen molar-refractivity contribution in [2.75, 3.05) is 5.73 Å². The highest BCUT2D eigenvalue weighted by Gasteiger charge is 1.91. The molecule has 0 saturated carbocycles. The minimum absolute atomic E-state index is 0. The number of pyridine rings is 1. The molecule has 0 amide bonds. The van der Waals surface area contributed by atoms with Gasteiger partial charge < -0.3 is 5.73 Å².